The Bertz CT molecular complexity index is 557. The van der Waals surface area contributed by atoms with Crippen LogP contribution in [-0.2, 0) is 19.4 Å². The lowest BCUT2D eigenvalue weighted by atomic mass is 9.99. The monoisotopic (exact) mass is 256 g/mol. The van der Waals surface area contributed by atoms with Gasteiger partial charge in [0.1, 0.15) is 5.82 Å². The van der Waals surface area contributed by atoms with E-state index in [9.17, 15) is 5.11 Å². The van der Waals surface area contributed by atoms with Crippen LogP contribution in [0.3, 0.4) is 0 Å². The lowest BCUT2D eigenvalue weighted by Gasteiger charge is -2.20. The van der Waals surface area contributed by atoms with Gasteiger partial charge in [-0.2, -0.15) is 0 Å². The van der Waals surface area contributed by atoms with Gasteiger partial charge in [-0.05, 0) is 24.8 Å². The number of benzene rings is 1. The summed E-state index contributed by atoms with van der Waals surface area (Å²) in [5.74, 6) is 1.52. The predicted octanol–water partition coefficient (Wildman–Crippen LogP) is 2.34. The quantitative estimate of drug-likeness (QED) is 0.915. The third-order valence-electron chi connectivity index (χ3n) is 3.92. The molecule has 0 bridgehead atoms. The van der Waals surface area contributed by atoms with Crippen molar-refractivity contribution >= 4 is 0 Å². The molecule has 0 saturated carbocycles. The summed E-state index contributed by atoms with van der Waals surface area (Å²) in [5, 5.41) is 9.25. The maximum absolute atomic E-state index is 9.25. The summed E-state index contributed by atoms with van der Waals surface area (Å²) in [7, 11) is 0. The Kier molecular flexibility index (Phi) is 3.38. The summed E-state index contributed by atoms with van der Waals surface area (Å²) in [5.41, 5.74) is 3.73. The molecule has 0 radical (unpaired) electrons. The summed E-state index contributed by atoms with van der Waals surface area (Å²) in [6.07, 6.45) is 5.03. The van der Waals surface area contributed by atoms with Crippen LogP contribution in [0.1, 0.15) is 29.1 Å². The van der Waals surface area contributed by atoms with E-state index in [1.807, 2.05) is 0 Å². The molecule has 3 nitrogen and oxygen atoms in total. The number of aryl methyl sites for hydroxylation is 2. The van der Waals surface area contributed by atoms with Gasteiger partial charge in [0.25, 0.3) is 0 Å². The number of imidazole rings is 1. The molecule has 1 aromatic carbocycles. The van der Waals surface area contributed by atoms with Crippen LogP contribution in [0.5, 0.6) is 0 Å². The summed E-state index contributed by atoms with van der Waals surface area (Å²) in [6.45, 7) is 3.37. The van der Waals surface area contributed by atoms with Gasteiger partial charge >= 0.3 is 0 Å². The molecule has 1 aromatic heterocycles. The Hall–Kier alpha value is -1.61. The van der Waals surface area contributed by atoms with Gasteiger partial charge in [-0.15, -0.1) is 0 Å². The molecule has 3 heteroatoms. The van der Waals surface area contributed by atoms with Crippen LogP contribution in [0.15, 0.2) is 30.5 Å². The first-order valence-electron chi connectivity index (χ1n) is 6.96. The zero-order valence-corrected chi connectivity index (χ0v) is 11.3. The van der Waals surface area contributed by atoms with E-state index in [1.54, 1.807) is 0 Å². The first kappa shape index (κ1) is 12.4. The van der Waals surface area contributed by atoms with Crippen molar-refractivity contribution < 1.29 is 5.11 Å². The molecular formula is C16H20N2O. The predicted molar refractivity (Wildman–Crippen MR) is 75.1 cm³/mol. The van der Waals surface area contributed by atoms with E-state index >= 15 is 0 Å². The average Bonchev–Trinajstić information content (AvgIpc) is 2.82. The fourth-order valence-electron chi connectivity index (χ4n) is 2.71. The van der Waals surface area contributed by atoms with E-state index in [0.717, 1.165) is 37.3 Å². The topological polar surface area (TPSA) is 38.0 Å². The van der Waals surface area contributed by atoms with Crippen molar-refractivity contribution in [3.8, 4) is 0 Å². The smallest absolute Gasteiger partial charge is 0.109 e. The van der Waals surface area contributed by atoms with Gasteiger partial charge in [-0.1, -0.05) is 29.8 Å². The lowest BCUT2D eigenvalue weighted by Crippen LogP contribution is -2.21. The number of hydrogen-bond donors (Lipinski definition) is 1. The molecular weight excluding hydrogens is 236 g/mol. The Morgan fingerprint density at radius 1 is 1.32 bits per heavy atom. The van der Waals surface area contributed by atoms with Crippen LogP contribution in [-0.4, -0.2) is 21.3 Å². The minimum Gasteiger partial charge on any atom is -0.396 e. The molecule has 0 aliphatic carbocycles. The van der Waals surface area contributed by atoms with E-state index in [2.05, 4.69) is 42.0 Å². The minimum absolute atomic E-state index is 0.278. The Morgan fingerprint density at radius 2 is 2.11 bits per heavy atom. The number of rotatable bonds is 3. The SMILES string of the molecule is Cc1ccc(Cc2cn3c(n2)CC(CO)CC3)cc1. The Labute approximate surface area is 113 Å². The second-order valence-corrected chi connectivity index (χ2v) is 5.55. The van der Waals surface area contributed by atoms with E-state index in [4.69, 9.17) is 4.98 Å². The molecule has 3 rings (SSSR count). The minimum atomic E-state index is 0.278. The maximum atomic E-state index is 9.25. The number of nitrogens with zero attached hydrogens (tertiary/aromatic N) is 2. The maximum Gasteiger partial charge on any atom is 0.109 e. The van der Waals surface area contributed by atoms with Crippen molar-refractivity contribution in [3.05, 3.63) is 53.1 Å². The second kappa shape index (κ2) is 5.17. The van der Waals surface area contributed by atoms with Crippen molar-refractivity contribution in [2.24, 2.45) is 5.92 Å². The van der Waals surface area contributed by atoms with Gasteiger partial charge in [0.15, 0.2) is 0 Å². The number of aromatic nitrogens is 2. The van der Waals surface area contributed by atoms with Crippen molar-refractivity contribution in [3.63, 3.8) is 0 Å². The fourth-order valence-corrected chi connectivity index (χ4v) is 2.71. The molecule has 2 aromatic rings. The van der Waals surface area contributed by atoms with Crippen molar-refractivity contribution in [1.82, 2.24) is 9.55 Å². The van der Waals surface area contributed by atoms with Crippen LogP contribution in [0.4, 0.5) is 0 Å². The van der Waals surface area contributed by atoms with E-state index in [-0.39, 0.29) is 6.61 Å². The molecule has 0 fully saturated rings. The van der Waals surface area contributed by atoms with Gasteiger partial charge in [0, 0.05) is 32.2 Å². The molecule has 0 amide bonds. The van der Waals surface area contributed by atoms with Gasteiger partial charge < -0.3 is 9.67 Å². The van der Waals surface area contributed by atoms with Crippen LogP contribution < -0.4 is 0 Å². The highest BCUT2D eigenvalue weighted by molar-refractivity contribution is 5.25. The highest BCUT2D eigenvalue weighted by Gasteiger charge is 2.19. The third-order valence-corrected chi connectivity index (χ3v) is 3.92. The summed E-state index contributed by atoms with van der Waals surface area (Å²) >= 11 is 0. The summed E-state index contributed by atoms with van der Waals surface area (Å²) in [4.78, 5) is 4.72. The number of fused-ring (bicyclic) bond motifs is 1. The fraction of sp³-hybridized carbons (Fsp3) is 0.438. The number of hydrogen-bond acceptors (Lipinski definition) is 2. The molecule has 1 atom stereocenters. The van der Waals surface area contributed by atoms with Gasteiger partial charge in [0.2, 0.25) is 0 Å². The van der Waals surface area contributed by atoms with Gasteiger partial charge in [-0.3, -0.25) is 0 Å². The standard InChI is InChI=1S/C16H20N2O/c1-12-2-4-13(5-3-12)8-15-10-18-7-6-14(11-19)9-16(18)17-15/h2-5,10,14,19H,6-9,11H2,1H3. The summed E-state index contributed by atoms with van der Waals surface area (Å²) < 4.78 is 2.25. The molecule has 0 spiro atoms. The largest absolute Gasteiger partial charge is 0.396 e. The van der Waals surface area contributed by atoms with Crippen molar-refractivity contribution in [2.75, 3.05) is 6.61 Å². The molecule has 19 heavy (non-hydrogen) atoms. The molecule has 100 valence electrons. The van der Waals surface area contributed by atoms with E-state index in [1.165, 1.54) is 11.1 Å². The normalized spacial score (nSPS) is 18.3. The first-order chi connectivity index (χ1) is 9.24. The average molecular weight is 256 g/mol. The number of aliphatic hydroxyl groups excluding tert-OH is 1. The zero-order valence-electron chi connectivity index (χ0n) is 11.3. The van der Waals surface area contributed by atoms with Crippen LogP contribution in [0.25, 0.3) is 0 Å². The molecule has 1 N–H and O–H groups in total. The number of aliphatic hydroxyl groups is 1. The molecule has 0 saturated heterocycles. The first-order valence-corrected chi connectivity index (χ1v) is 6.96. The second-order valence-electron chi connectivity index (χ2n) is 5.55. The van der Waals surface area contributed by atoms with Gasteiger partial charge in [-0.25, -0.2) is 4.98 Å². The van der Waals surface area contributed by atoms with Crippen LogP contribution in [0, 0.1) is 12.8 Å². The van der Waals surface area contributed by atoms with Crippen molar-refractivity contribution in [2.45, 2.75) is 32.7 Å². The zero-order chi connectivity index (χ0) is 13.2. The summed E-state index contributed by atoms with van der Waals surface area (Å²) in [6, 6.07) is 8.63. The van der Waals surface area contributed by atoms with Crippen LogP contribution in [0.2, 0.25) is 0 Å². The molecule has 1 unspecified atom stereocenters. The van der Waals surface area contributed by atoms with Gasteiger partial charge in [0.05, 0.1) is 5.69 Å². The lowest BCUT2D eigenvalue weighted by molar-refractivity contribution is 0.199. The molecule has 1 aliphatic rings. The molecule has 1 aliphatic heterocycles. The van der Waals surface area contributed by atoms with Crippen LogP contribution >= 0.6 is 0 Å². The highest BCUT2D eigenvalue weighted by Crippen LogP contribution is 2.21. The van der Waals surface area contributed by atoms with Crippen molar-refractivity contribution in [1.29, 1.82) is 0 Å². The third kappa shape index (κ3) is 2.71. The Balaban J connectivity index is 1.76. The Morgan fingerprint density at radius 3 is 2.84 bits per heavy atom. The van der Waals surface area contributed by atoms with E-state index in [0.29, 0.717) is 5.92 Å². The molecule has 2 heterocycles. The highest BCUT2D eigenvalue weighted by atomic mass is 16.3. The van der Waals surface area contributed by atoms with E-state index < -0.39 is 0 Å².